The number of hydrogen-bond donors (Lipinski definition) is 9. The van der Waals surface area contributed by atoms with E-state index in [4.69, 9.17) is 28.7 Å². The summed E-state index contributed by atoms with van der Waals surface area (Å²) >= 11 is 0. The molecule has 0 spiro atoms. The van der Waals surface area contributed by atoms with Crippen LogP contribution in [0.15, 0.2) is 205 Å². The van der Waals surface area contributed by atoms with Gasteiger partial charge < -0.3 is 49.9 Å². The molecule has 4 amide bonds. The quantitative estimate of drug-likeness (QED) is 0.0164. The van der Waals surface area contributed by atoms with Gasteiger partial charge in [-0.3, -0.25) is 38.4 Å². The van der Waals surface area contributed by atoms with Crippen molar-refractivity contribution in [2.24, 2.45) is 58.3 Å². The van der Waals surface area contributed by atoms with Gasteiger partial charge in [-0.15, -0.1) is 0 Å². The maximum atomic E-state index is 15.6. The van der Waals surface area contributed by atoms with E-state index >= 15 is 32.4 Å². The van der Waals surface area contributed by atoms with E-state index in [2.05, 4.69) is 21.3 Å². The zero-order chi connectivity index (χ0) is 95.5. The van der Waals surface area contributed by atoms with Crippen LogP contribution in [-0.4, -0.2) is 218 Å². The van der Waals surface area contributed by atoms with E-state index in [-0.39, 0.29) is 94.4 Å². The molecule has 0 aliphatic carbocycles. The molecule has 0 saturated heterocycles. The number of nitrogens with one attached hydrogen (secondary N) is 4. The molecule has 131 heavy (non-hydrogen) atoms. The zero-order valence-electron chi connectivity index (χ0n) is 76.6. The Labute approximate surface area is 776 Å². The Morgan fingerprint density at radius 2 is 0.740 bits per heavy atom. The molecule has 0 saturated carbocycles. The highest BCUT2D eigenvalue weighted by molar-refractivity contribution is 7.89. The monoisotopic (exact) mass is 1880 g/mol. The van der Waals surface area contributed by atoms with E-state index in [9.17, 15) is 39.6 Å². The van der Waals surface area contributed by atoms with Crippen molar-refractivity contribution in [3.63, 3.8) is 0 Å². The van der Waals surface area contributed by atoms with Crippen LogP contribution in [0.2, 0.25) is 0 Å². The van der Waals surface area contributed by atoms with E-state index in [1.165, 1.54) is 19.1 Å². The van der Waals surface area contributed by atoms with Gasteiger partial charge in [-0.2, -0.15) is 17.2 Å². The molecule has 7 aromatic rings. The number of hydrogen-bond acceptors (Lipinski definition) is 21. The molecule has 7 aromatic carbocycles. The summed E-state index contributed by atoms with van der Waals surface area (Å²) in [4.78, 5) is 118. The smallest absolute Gasteiger partial charge is 0.243 e. The van der Waals surface area contributed by atoms with Crippen LogP contribution >= 0.6 is 0 Å². The molecule has 0 aliphatic rings. The van der Waals surface area contributed by atoms with E-state index < -0.39 is 198 Å². The summed E-state index contributed by atoms with van der Waals surface area (Å²) in [6.45, 7) is 4.70. The Balaban J connectivity index is 1.19. The molecule has 0 aromatic heterocycles. The lowest BCUT2D eigenvalue weighted by molar-refractivity contribution is -0.130. The van der Waals surface area contributed by atoms with Crippen LogP contribution in [0.5, 0.6) is 0 Å². The topological polar surface area (TPSA) is 464 Å². The summed E-state index contributed by atoms with van der Waals surface area (Å²) in [6, 6.07) is 52.8. The van der Waals surface area contributed by atoms with Crippen LogP contribution in [0.3, 0.4) is 0 Å². The SMILES string of the molecule is CC(=O)CN(CC(CC(=O)C(CCCCN)NC(=O)CN(CC(Cc1ccccc1)NC(=O)C(CC(=O)CN(CC(CC(=O)C(Cc1ccccc1)NC(=O)CN(CC(CCCCN)NC(=O)C(CCCCN)CC(C)C)S(=O)(=O)c1ccc(C)cc1)Cc1ccccc1)S(=O)(=O)CCN)Cc1ccccc1)S(=O)(=O)CCN)Cc1ccccc1)S(=O)(=O)Cc1ccc(C)cc1. The number of unbranched alkanes of at least 4 members (excludes halogenated alkanes) is 3. The van der Waals surface area contributed by atoms with Gasteiger partial charge in [0, 0.05) is 82.5 Å². The van der Waals surface area contributed by atoms with Gasteiger partial charge in [0.25, 0.3) is 0 Å². The number of nitrogens with zero attached hydrogens (tertiary/aromatic N) is 4. The summed E-state index contributed by atoms with van der Waals surface area (Å²) in [5, 5.41) is 11.9. The molecule has 716 valence electrons. The average Bonchev–Trinajstić information content (AvgIpc) is 0.837. The number of carbonyl (C=O) groups is 8. The number of carbonyl (C=O) groups excluding carboxylic acids is 8. The Kier molecular flexibility index (Phi) is 46.3. The zero-order valence-corrected chi connectivity index (χ0v) is 79.9. The van der Waals surface area contributed by atoms with Crippen molar-refractivity contribution in [2.75, 3.05) is 96.6 Å². The minimum atomic E-state index is -4.52. The number of amides is 4. The molecule has 0 bridgehead atoms. The van der Waals surface area contributed by atoms with E-state index in [1.807, 2.05) is 39.0 Å². The molecule has 8 atom stereocenters. The first-order valence-corrected chi connectivity index (χ1v) is 51.8. The average molecular weight is 1880 g/mol. The van der Waals surface area contributed by atoms with Crippen molar-refractivity contribution >= 4 is 86.9 Å². The standard InChI is InChI=1S/C98H139N13O16S4/c1-73(2)55-85(37-21-24-48-99)97(118)104-87(38-22-25-49-100)67-111(131(126,127)90-46-42-75(4)43-47-90)71-96(117)107-92(60-81-35-19-10-20-36-81)94(115)62-84(57-78-29-13-7-14-30-78)66-109(128(120,121)53-51-102)69-89(113)63-86(58-79-31-15-8-16-32-79)98(119)105-88(59-80-33-17-9-18-34-80)68-110(129(122,123)54-52-103)70-95(116)106-91(39-23-26-50-101)93(114)61-83(56-77-27-11-6-12-28-77)65-108(64-76(5)112)130(124,125)72-82-44-40-74(3)41-45-82/h6-20,27-36,40-47,73,83-88,91-92H,21-26,37-39,48-72,99-103H2,1-5H3,(H,104,118)(H,105,119)(H,106,116)(H,107,117). The van der Waals surface area contributed by atoms with Gasteiger partial charge in [0.2, 0.25) is 63.7 Å². The van der Waals surface area contributed by atoms with E-state index in [0.29, 0.717) is 98.7 Å². The largest absolute Gasteiger partial charge is 0.352 e. The van der Waals surface area contributed by atoms with Crippen molar-refractivity contribution in [2.45, 2.75) is 185 Å². The van der Waals surface area contributed by atoms with Crippen LogP contribution < -0.4 is 49.9 Å². The van der Waals surface area contributed by atoms with Gasteiger partial charge in [-0.1, -0.05) is 226 Å². The first-order valence-electron chi connectivity index (χ1n) is 45.5. The summed E-state index contributed by atoms with van der Waals surface area (Å²) in [6.07, 6.45) is 3.54. The summed E-state index contributed by atoms with van der Waals surface area (Å²) < 4.78 is 122. The third-order valence-corrected chi connectivity index (χ3v) is 30.2. The molecule has 0 fully saturated rings. The molecule has 0 aliphatic heterocycles. The molecular weight excluding hydrogens is 1740 g/mol. The predicted molar refractivity (Wildman–Crippen MR) is 514 cm³/mol. The number of benzene rings is 7. The lowest BCUT2D eigenvalue weighted by atomic mass is 9.90. The number of Topliss-reactive ketones (excluding diaryl/α,β-unsaturated/α-hetero) is 4. The number of sulfonamides is 4. The van der Waals surface area contributed by atoms with Crippen molar-refractivity contribution in [3.05, 3.63) is 245 Å². The molecule has 29 nitrogen and oxygen atoms in total. The Hall–Kier alpha value is -9.46. The molecule has 0 radical (unpaired) electrons. The van der Waals surface area contributed by atoms with Crippen LogP contribution in [-0.2, 0) is 116 Å². The maximum Gasteiger partial charge on any atom is 0.243 e. The molecule has 7 rings (SSSR count). The predicted octanol–water partition coefficient (Wildman–Crippen LogP) is 7.82. The molecule has 0 heterocycles. The van der Waals surface area contributed by atoms with Gasteiger partial charge in [0.15, 0.2) is 11.6 Å². The van der Waals surface area contributed by atoms with Gasteiger partial charge in [-0.05, 0) is 187 Å². The van der Waals surface area contributed by atoms with Crippen LogP contribution in [0.25, 0.3) is 0 Å². The molecular formula is C98H139N13O16S4. The fourth-order valence-corrected chi connectivity index (χ4v) is 21.9. The summed E-state index contributed by atoms with van der Waals surface area (Å²) in [7, 11) is -17.7. The molecule has 33 heteroatoms. The van der Waals surface area contributed by atoms with Gasteiger partial charge in [0.05, 0.1) is 60.4 Å². The number of rotatable bonds is 65. The highest BCUT2D eigenvalue weighted by atomic mass is 32.2. The minimum Gasteiger partial charge on any atom is -0.352 e. The Morgan fingerprint density at radius 3 is 1.21 bits per heavy atom. The highest BCUT2D eigenvalue weighted by Gasteiger charge is 2.39. The molecule has 8 unspecified atom stereocenters. The number of nitrogens with two attached hydrogens (primary N) is 5. The lowest BCUT2D eigenvalue weighted by Gasteiger charge is -2.30. The number of ketones is 4. The number of aryl methyl sites for hydroxylation is 2. The Morgan fingerprint density at radius 1 is 0.351 bits per heavy atom. The molecule has 14 N–H and O–H groups in total. The lowest BCUT2D eigenvalue weighted by Crippen LogP contribution is -2.53. The van der Waals surface area contributed by atoms with Crippen LogP contribution in [0.1, 0.15) is 149 Å². The fraction of sp³-hybridized carbons (Fsp3) is 0.490. The summed E-state index contributed by atoms with van der Waals surface area (Å²) in [5.41, 5.74) is 35.3. The van der Waals surface area contributed by atoms with Crippen molar-refractivity contribution in [1.29, 1.82) is 0 Å². The second-order valence-electron chi connectivity index (χ2n) is 34.9. The van der Waals surface area contributed by atoms with Crippen molar-refractivity contribution < 1.29 is 72.0 Å². The maximum absolute atomic E-state index is 15.6. The second-order valence-corrected chi connectivity index (χ2v) is 43.0. The van der Waals surface area contributed by atoms with Crippen molar-refractivity contribution in [3.8, 4) is 0 Å². The normalized spacial score (nSPS) is 14.0. The summed E-state index contributed by atoms with van der Waals surface area (Å²) in [5.74, 6) is -9.89. The highest BCUT2D eigenvalue weighted by Crippen LogP contribution is 2.28. The van der Waals surface area contributed by atoms with E-state index in [0.717, 1.165) is 33.9 Å². The first kappa shape index (κ1) is 109. The minimum absolute atomic E-state index is 0.0384. The first-order chi connectivity index (χ1) is 62.5. The van der Waals surface area contributed by atoms with Crippen LogP contribution in [0.4, 0.5) is 0 Å². The van der Waals surface area contributed by atoms with Gasteiger partial charge in [-0.25, -0.2) is 33.7 Å². The van der Waals surface area contributed by atoms with Gasteiger partial charge in [0.1, 0.15) is 11.6 Å². The third kappa shape index (κ3) is 38.9. The van der Waals surface area contributed by atoms with Crippen LogP contribution in [0, 0.1) is 43.4 Å². The van der Waals surface area contributed by atoms with Crippen molar-refractivity contribution in [1.82, 2.24) is 38.5 Å². The van der Waals surface area contributed by atoms with E-state index in [1.54, 1.807) is 177 Å². The third-order valence-electron chi connectivity index (χ3n) is 22.9. The Bertz CT molecular complexity index is 5180. The second kappa shape index (κ2) is 55.9. The fourth-order valence-electron chi connectivity index (χ4n) is 16.2. The van der Waals surface area contributed by atoms with Gasteiger partial charge >= 0.3 is 0 Å².